The Hall–Kier alpha value is -1.78. The van der Waals surface area contributed by atoms with E-state index in [4.69, 9.17) is 16.0 Å². The smallest absolute Gasteiger partial charge is 0.259 e. The monoisotopic (exact) mass is 349 g/mol. The number of fused-ring (bicyclic) bond motifs is 1. The summed E-state index contributed by atoms with van der Waals surface area (Å²) in [7, 11) is 0. The molecule has 0 atom stereocenters. The van der Waals surface area contributed by atoms with Crippen molar-refractivity contribution in [3.63, 3.8) is 0 Å². The second-order valence-corrected chi connectivity index (χ2v) is 5.49. The number of hydrogen-bond acceptors (Lipinski definition) is 2. The van der Waals surface area contributed by atoms with E-state index in [1.165, 1.54) is 6.26 Å². The summed E-state index contributed by atoms with van der Waals surface area (Å²) in [6.07, 6.45) is 1.46. The van der Waals surface area contributed by atoms with Crippen LogP contribution in [0.2, 0.25) is 5.02 Å². The van der Waals surface area contributed by atoms with E-state index in [1.54, 1.807) is 18.2 Å². The number of carbonyl (C=O) groups is 1. The standard InChI is InChI=1S/C15H9BrClNO2/c16-12-6-5-9(7-13(12)17)18-15(19)11-8-20-14-4-2-1-3-10(11)14/h1-8H,(H,18,19). The molecule has 1 N–H and O–H groups in total. The van der Waals surface area contributed by atoms with Crippen molar-refractivity contribution < 1.29 is 9.21 Å². The van der Waals surface area contributed by atoms with Gasteiger partial charge in [0.25, 0.3) is 5.91 Å². The highest BCUT2D eigenvalue weighted by atomic mass is 79.9. The van der Waals surface area contributed by atoms with Gasteiger partial charge in [0.05, 0.1) is 10.6 Å². The molecule has 100 valence electrons. The quantitative estimate of drug-likeness (QED) is 0.698. The molecular weight excluding hydrogens is 342 g/mol. The molecule has 0 spiro atoms. The van der Waals surface area contributed by atoms with Crippen LogP contribution in [-0.2, 0) is 0 Å². The maximum absolute atomic E-state index is 12.3. The Bertz CT molecular complexity index is 797. The van der Waals surface area contributed by atoms with Crippen molar-refractivity contribution in [2.75, 3.05) is 5.32 Å². The molecule has 0 unspecified atom stereocenters. The van der Waals surface area contributed by atoms with Crippen LogP contribution in [0.5, 0.6) is 0 Å². The zero-order valence-electron chi connectivity index (χ0n) is 10.2. The first-order valence-corrected chi connectivity index (χ1v) is 7.05. The predicted molar refractivity (Wildman–Crippen MR) is 83.3 cm³/mol. The highest BCUT2D eigenvalue weighted by molar-refractivity contribution is 9.10. The Morgan fingerprint density at radius 2 is 2.00 bits per heavy atom. The molecule has 0 aliphatic heterocycles. The van der Waals surface area contributed by atoms with E-state index in [9.17, 15) is 4.79 Å². The van der Waals surface area contributed by atoms with Gasteiger partial charge in [0, 0.05) is 15.5 Å². The van der Waals surface area contributed by atoms with Crippen LogP contribution in [-0.4, -0.2) is 5.91 Å². The SMILES string of the molecule is O=C(Nc1ccc(Br)c(Cl)c1)c1coc2ccccc12. The molecule has 0 bridgehead atoms. The summed E-state index contributed by atoms with van der Waals surface area (Å²) in [6, 6.07) is 12.6. The van der Waals surface area contributed by atoms with Gasteiger partial charge in [-0.25, -0.2) is 0 Å². The molecule has 3 rings (SSSR count). The number of carbonyl (C=O) groups excluding carboxylic acids is 1. The number of para-hydroxylation sites is 1. The van der Waals surface area contributed by atoms with Gasteiger partial charge in [0.2, 0.25) is 0 Å². The molecule has 1 aromatic heterocycles. The molecule has 3 aromatic rings. The summed E-state index contributed by atoms with van der Waals surface area (Å²) in [6.45, 7) is 0. The van der Waals surface area contributed by atoms with E-state index in [1.807, 2.05) is 24.3 Å². The maximum atomic E-state index is 12.3. The Morgan fingerprint density at radius 3 is 2.80 bits per heavy atom. The number of nitrogens with one attached hydrogen (secondary N) is 1. The van der Waals surface area contributed by atoms with Crippen LogP contribution in [0, 0.1) is 0 Å². The average Bonchev–Trinajstić information content (AvgIpc) is 2.87. The van der Waals surface area contributed by atoms with E-state index in [-0.39, 0.29) is 5.91 Å². The molecule has 0 aliphatic rings. The molecule has 0 aliphatic carbocycles. The van der Waals surface area contributed by atoms with Gasteiger partial charge in [-0.05, 0) is 40.2 Å². The molecular formula is C15H9BrClNO2. The number of halogens is 2. The van der Waals surface area contributed by atoms with Gasteiger partial charge in [-0.15, -0.1) is 0 Å². The van der Waals surface area contributed by atoms with Gasteiger partial charge in [-0.1, -0.05) is 29.8 Å². The second-order valence-electron chi connectivity index (χ2n) is 4.23. The highest BCUT2D eigenvalue weighted by Crippen LogP contribution is 2.27. The minimum Gasteiger partial charge on any atom is -0.463 e. The number of rotatable bonds is 2. The van der Waals surface area contributed by atoms with Crippen LogP contribution in [0.1, 0.15) is 10.4 Å². The number of amides is 1. The second kappa shape index (κ2) is 5.31. The zero-order chi connectivity index (χ0) is 14.1. The Morgan fingerprint density at radius 1 is 1.20 bits per heavy atom. The third-order valence-corrected chi connectivity index (χ3v) is 4.14. The number of furan rings is 1. The third-order valence-electron chi connectivity index (χ3n) is 2.90. The molecule has 2 aromatic carbocycles. The molecule has 5 heteroatoms. The molecule has 1 heterocycles. The average molecular weight is 351 g/mol. The van der Waals surface area contributed by atoms with Gasteiger partial charge in [-0.3, -0.25) is 4.79 Å². The minimum atomic E-state index is -0.228. The lowest BCUT2D eigenvalue weighted by Crippen LogP contribution is -2.11. The van der Waals surface area contributed by atoms with Gasteiger partial charge in [0.1, 0.15) is 11.8 Å². The van der Waals surface area contributed by atoms with Gasteiger partial charge < -0.3 is 9.73 Å². The first-order valence-electron chi connectivity index (χ1n) is 5.88. The third kappa shape index (κ3) is 2.44. The van der Waals surface area contributed by atoms with Crippen LogP contribution in [0.15, 0.2) is 57.6 Å². The van der Waals surface area contributed by atoms with Gasteiger partial charge >= 0.3 is 0 Å². The summed E-state index contributed by atoms with van der Waals surface area (Å²) in [4.78, 5) is 12.3. The normalized spacial score (nSPS) is 10.7. The Kier molecular flexibility index (Phi) is 3.51. The van der Waals surface area contributed by atoms with E-state index in [2.05, 4.69) is 21.2 Å². The predicted octanol–water partition coefficient (Wildman–Crippen LogP) is 5.10. The van der Waals surface area contributed by atoms with Crippen LogP contribution in [0.25, 0.3) is 11.0 Å². The van der Waals surface area contributed by atoms with Crippen molar-refractivity contribution in [1.82, 2.24) is 0 Å². The van der Waals surface area contributed by atoms with Crippen molar-refractivity contribution in [3.05, 3.63) is 63.8 Å². The molecule has 0 radical (unpaired) electrons. The molecule has 0 saturated carbocycles. The fourth-order valence-electron chi connectivity index (χ4n) is 1.93. The topological polar surface area (TPSA) is 42.2 Å². The lowest BCUT2D eigenvalue weighted by Gasteiger charge is -2.05. The van der Waals surface area contributed by atoms with Crippen molar-refractivity contribution >= 4 is 50.1 Å². The van der Waals surface area contributed by atoms with E-state index >= 15 is 0 Å². The Labute approximate surface area is 128 Å². The maximum Gasteiger partial charge on any atom is 0.259 e. The Balaban J connectivity index is 1.91. The molecule has 20 heavy (non-hydrogen) atoms. The van der Waals surface area contributed by atoms with Crippen molar-refractivity contribution in [2.45, 2.75) is 0 Å². The zero-order valence-corrected chi connectivity index (χ0v) is 12.5. The van der Waals surface area contributed by atoms with Crippen LogP contribution in [0.3, 0.4) is 0 Å². The number of benzene rings is 2. The van der Waals surface area contributed by atoms with Gasteiger partial charge in [0.15, 0.2) is 0 Å². The van der Waals surface area contributed by atoms with Crippen LogP contribution in [0.4, 0.5) is 5.69 Å². The number of hydrogen-bond donors (Lipinski definition) is 1. The van der Waals surface area contributed by atoms with Crippen LogP contribution < -0.4 is 5.32 Å². The van der Waals surface area contributed by atoms with Crippen molar-refractivity contribution in [1.29, 1.82) is 0 Å². The largest absolute Gasteiger partial charge is 0.463 e. The summed E-state index contributed by atoms with van der Waals surface area (Å²) in [5, 5.41) is 4.13. The van der Waals surface area contributed by atoms with Crippen molar-refractivity contribution in [2.24, 2.45) is 0 Å². The van der Waals surface area contributed by atoms with E-state index < -0.39 is 0 Å². The van der Waals surface area contributed by atoms with E-state index in [0.29, 0.717) is 21.9 Å². The first kappa shape index (κ1) is 13.2. The molecule has 0 saturated heterocycles. The van der Waals surface area contributed by atoms with Gasteiger partial charge in [-0.2, -0.15) is 0 Å². The summed E-state index contributed by atoms with van der Waals surface area (Å²) < 4.78 is 6.14. The fourth-order valence-corrected chi connectivity index (χ4v) is 2.35. The first-order chi connectivity index (χ1) is 9.65. The fraction of sp³-hybridized carbons (Fsp3) is 0. The highest BCUT2D eigenvalue weighted by Gasteiger charge is 2.13. The minimum absolute atomic E-state index is 0.228. The summed E-state index contributed by atoms with van der Waals surface area (Å²) in [5.74, 6) is -0.228. The summed E-state index contributed by atoms with van der Waals surface area (Å²) in [5.41, 5.74) is 1.82. The lowest BCUT2D eigenvalue weighted by molar-refractivity contribution is 0.102. The molecule has 0 fully saturated rings. The summed E-state index contributed by atoms with van der Waals surface area (Å²) >= 11 is 9.31. The lowest BCUT2D eigenvalue weighted by atomic mass is 10.1. The number of anilines is 1. The molecule has 1 amide bonds. The molecule has 3 nitrogen and oxygen atoms in total. The van der Waals surface area contributed by atoms with E-state index in [0.717, 1.165) is 9.86 Å². The van der Waals surface area contributed by atoms with Crippen molar-refractivity contribution in [3.8, 4) is 0 Å². The van der Waals surface area contributed by atoms with Crippen LogP contribution >= 0.6 is 27.5 Å².